The van der Waals surface area contributed by atoms with Crippen molar-refractivity contribution in [1.29, 1.82) is 0 Å². The first-order chi connectivity index (χ1) is 12.3. The van der Waals surface area contributed by atoms with Crippen molar-refractivity contribution in [2.45, 2.75) is 19.1 Å². The minimum absolute atomic E-state index is 0. The van der Waals surface area contributed by atoms with Crippen LogP contribution in [0.25, 0.3) is 0 Å². The van der Waals surface area contributed by atoms with Crippen molar-refractivity contribution in [3.05, 3.63) is 70.2 Å². The zero-order chi connectivity index (χ0) is 17.5. The highest BCUT2D eigenvalue weighted by molar-refractivity contribution is 14.0. The molecule has 2 N–H and O–H groups in total. The summed E-state index contributed by atoms with van der Waals surface area (Å²) in [5.41, 5.74) is 2.47. The molecular weight excluding hydrogens is 505 g/mol. The molecule has 26 heavy (non-hydrogen) atoms. The molecule has 0 aromatic heterocycles. The Hall–Kier alpha value is -1.12. The zero-order valence-corrected chi connectivity index (χ0v) is 18.7. The lowest BCUT2D eigenvalue weighted by molar-refractivity contribution is 0.0915. The summed E-state index contributed by atoms with van der Waals surface area (Å²) in [6.45, 7) is 2.40. The molecule has 0 bridgehead atoms. The van der Waals surface area contributed by atoms with Crippen LogP contribution in [0, 0.1) is 5.92 Å². The molecule has 1 aliphatic rings. The van der Waals surface area contributed by atoms with E-state index in [0.29, 0.717) is 5.92 Å². The molecule has 0 saturated carbocycles. The molecule has 140 valence electrons. The monoisotopic (exact) mass is 529 g/mol. The first kappa shape index (κ1) is 21.2. The molecule has 0 spiro atoms. The van der Waals surface area contributed by atoms with Gasteiger partial charge in [0.25, 0.3) is 0 Å². The lowest BCUT2D eigenvalue weighted by Gasteiger charge is -2.21. The zero-order valence-electron chi connectivity index (χ0n) is 14.8. The minimum Gasteiger partial charge on any atom is -0.373 e. The highest BCUT2D eigenvalue weighted by Crippen LogP contribution is 2.33. The number of hydrogen-bond acceptors (Lipinski definition) is 2. The fourth-order valence-electron chi connectivity index (χ4n) is 3.14. The number of ether oxygens (including phenoxy) is 1. The normalized spacial score (nSPS) is 19.7. The molecule has 2 aromatic carbocycles. The number of halogens is 2. The van der Waals surface area contributed by atoms with Gasteiger partial charge in [-0.1, -0.05) is 58.4 Å². The van der Waals surface area contributed by atoms with Crippen LogP contribution >= 0.6 is 39.9 Å². The first-order valence-corrected chi connectivity index (χ1v) is 9.41. The molecule has 6 heteroatoms. The van der Waals surface area contributed by atoms with E-state index >= 15 is 0 Å². The summed E-state index contributed by atoms with van der Waals surface area (Å²) in [6.07, 6.45) is 1.23. The van der Waals surface area contributed by atoms with Gasteiger partial charge in [0.2, 0.25) is 0 Å². The Bertz CT molecular complexity index is 711. The number of benzene rings is 2. The van der Waals surface area contributed by atoms with Gasteiger partial charge in [-0.15, -0.1) is 24.0 Å². The Morgan fingerprint density at radius 1 is 1.15 bits per heavy atom. The quantitative estimate of drug-likeness (QED) is 0.340. The van der Waals surface area contributed by atoms with Gasteiger partial charge in [-0.2, -0.15) is 0 Å². The highest BCUT2D eigenvalue weighted by atomic mass is 127. The van der Waals surface area contributed by atoms with Crippen molar-refractivity contribution in [2.24, 2.45) is 10.9 Å². The number of guanidine groups is 1. The van der Waals surface area contributed by atoms with Crippen LogP contribution in [-0.4, -0.2) is 26.2 Å². The van der Waals surface area contributed by atoms with Gasteiger partial charge >= 0.3 is 0 Å². The van der Waals surface area contributed by atoms with Crippen molar-refractivity contribution in [2.75, 3.05) is 20.2 Å². The van der Waals surface area contributed by atoms with Gasteiger partial charge in [-0.25, -0.2) is 0 Å². The third-order valence-corrected chi connectivity index (χ3v) is 4.94. The predicted octanol–water partition coefficient (Wildman–Crippen LogP) is 4.51. The van der Waals surface area contributed by atoms with Crippen LogP contribution in [0.2, 0.25) is 0 Å². The first-order valence-electron chi connectivity index (χ1n) is 8.62. The largest absolute Gasteiger partial charge is 0.373 e. The van der Waals surface area contributed by atoms with Gasteiger partial charge in [-0.3, -0.25) is 4.99 Å². The molecule has 2 aromatic rings. The predicted molar refractivity (Wildman–Crippen MR) is 121 cm³/mol. The Balaban J connectivity index is 0.00000243. The van der Waals surface area contributed by atoms with E-state index in [-0.39, 0.29) is 30.1 Å². The Kier molecular flexibility index (Phi) is 8.87. The van der Waals surface area contributed by atoms with E-state index in [0.717, 1.165) is 36.5 Å². The lowest BCUT2D eigenvalue weighted by Crippen LogP contribution is -2.39. The van der Waals surface area contributed by atoms with Crippen molar-refractivity contribution in [1.82, 2.24) is 10.6 Å². The van der Waals surface area contributed by atoms with Crippen LogP contribution in [0.3, 0.4) is 0 Å². The van der Waals surface area contributed by atoms with E-state index in [1.165, 1.54) is 11.1 Å². The highest BCUT2D eigenvalue weighted by Gasteiger charge is 2.29. The Labute approximate surface area is 181 Å². The van der Waals surface area contributed by atoms with Gasteiger partial charge in [0.1, 0.15) is 0 Å². The topological polar surface area (TPSA) is 45.7 Å². The smallest absolute Gasteiger partial charge is 0.191 e. The second-order valence-electron chi connectivity index (χ2n) is 6.19. The lowest BCUT2D eigenvalue weighted by atomic mass is 9.95. The fraction of sp³-hybridized carbons (Fsp3) is 0.350. The Morgan fingerprint density at radius 3 is 2.69 bits per heavy atom. The maximum absolute atomic E-state index is 5.95. The molecule has 1 fully saturated rings. The van der Waals surface area contributed by atoms with Crippen molar-refractivity contribution in [3.63, 3.8) is 0 Å². The third kappa shape index (κ3) is 5.96. The van der Waals surface area contributed by atoms with E-state index in [4.69, 9.17) is 4.74 Å². The molecule has 2 unspecified atom stereocenters. The summed E-state index contributed by atoms with van der Waals surface area (Å²) < 4.78 is 7.04. The molecule has 2 atom stereocenters. The van der Waals surface area contributed by atoms with E-state index in [9.17, 15) is 0 Å². The fourth-order valence-corrected chi connectivity index (χ4v) is 3.58. The average Bonchev–Trinajstić information content (AvgIpc) is 3.11. The molecule has 0 aliphatic carbocycles. The molecule has 1 heterocycles. The molecule has 0 radical (unpaired) electrons. The summed E-state index contributed by atoms with van der Waals surface area (Å²) in [5.74, 6) is 1.27. The number of hydrogen-bond donors (Lipinski definition) is 2. The van der Waals surface area contributed by atoms with Crippen LogP contribution in [-0.2, 0) is 11.3 Å². The van der Waals surface area contributed by atoms with Crippen molar-refractivity contribution in [3.8, 4) is 0 Å². The Morgan fingerprint density at radius 2 is 1.96 bits per heavy atom. The summed E-state index contributed by atoms with van der Waals surface area (Å²) in [4.78, 5) is 4.33. The summed E-state index contributed by atoms with van der Waals surface area (Å²) in [6, 6.07) is 18.7. The minimum atomic E-state index is 0. The molecule has 3 rings (SSSR count). The second kappa shape index (κ2) is 10.9. The van der Waals surface area contributed by atoms with Gasteiger partial charge in [0.15, 0.2) is 5.96 Å². The molecule has 1 aliphatic heterocycles. The number of nitrogens with zero attached hydrogens (tertiary/aromatic N) is 1. The van der Waals surface area contributed by atoms with Crippen LogP contribution in [0.5, 0.6) is 0 Å². The maximum atomic E-state index is 5.95. The molecular formula is C20H25BrIN3O. The van der Waals surface area contributed by atoms with Crippen molar-refractivity contribution >= 4 is 45.9 Å². The van der Waals surface area contributed by atoms with Crippen LogP contribution < -0.4 is 10.6 Å². The average molecular weight is 530 g/mol. The molecule has 0 amide bonds. The van der Waals surface area contributed by atoms with E-state index < -0.39 is 0 Å². The van der Waals surface area contributed by atoms with E-state index in [2.05, 4.69) is 68.0 Å². The summed E-state index contributed by atoms with van der Waals surface area (Å²) in [7, 11) is 1.80. The van der Waals surface area contributed by atoms with Crippen LogP contribution in [0.1, 0.15) is 23.7 Å². The standard InChI is InChI=1S/C20H24BrN3O.HI/c1-22-20(23-13-15-6-5-9-18(21)12-15)24-14-17-10-11-25-19(17)16-7-3-2-4-8-16;/h2-9,12,17,19H,10-11,13-14H2,1H3,(H2,22,23,24);1H. The molecule has 4 nitrogen and oxygen atoms in total. The van der Waals surface area contributed by atoms with E-state index in [1.807, 2.05) is 18.2 Å². The van der Waals surface area contributed by atoms with Gasteiger partial charge in [0.05, 0.1) is 6.10 Å². The SMILES string of the molecule is CN=C(NCc1cccc(Br)c1)NCC1CCOC1c1ccccc1.I. The maximum Gasteiger partial charge on any atom is 0.191 e. The van der Waals surface area contributed by atoms with Gasteiger partial charge in [-0.05, 0) is 29.7 Å². The number of aliphatic imine (C=N–C) groups is 1. The summed E-state index contributed by atoms with van der Waals surface area (Å²) >= 11 is 3.50. The van der Waals surface area contributed by atoms with Crippen LogP contribution in [0.4, 0.5) is 0 Å². The van der Waals surface area contributed by atoms with Crippen molar-refractivity contribution < 1.29 is 4.74 Å². The second-order valence-corrected chi connectivity index (χ2v) is 7.10. The van der Waals surface area contributed by atoms with Crippen LogP contribution in [0.15, 0.2) is 64.1 Å². The van der Waals surface area contributed by atoms with E-state index in [1.54, 1.807) is 7.05 Å². The summed E-state index contributed by atoms with van der Waals surface area (Å²) in [5, 5.41) is 6.81. The third-order valence-electron chi connectivity index (χ3n) is 4.45. The molecule has 1 saturated heterocycles. The van der Waals surface area contributed by atoms with Gasteiger partial charge < -0.3 is 15.4 Å². The number of nitrogens with one attached hydrogen (secondary N) is 2. The van der Waals surface area contributed by atoms with Gasteiger partial charge in [0, 0.05) is 37.1 Å². The number of rotatable bonds is 5.